The third-order valence-electron chi connectivity index (χ3n) is 8.26. The van der Waals surface area contributed by atoms with Crippen molar-refractivity contribution in [2.45, 2.75) is 19.6 Å². The van der Waals surface area contributed by atoms with E-state index in [0.29, 0.717) is 56.4 Å². The van der Waals surface area contributed by atoms with Gasteiger partial charge in [-0.15, -0.1) is 20.5 Å². The van der Waals surface area contributed by atoms with Crippen LogP contribution in [0, 0.1) is 0 Å². The molecule has 0 atom stereocenters. The molecule has 0 unspecified atom stereocenters. The molecule has 0 fully saturated rings. The maximum atomic E-state index is 11.1. The molecule has 0 radical (unpaired) electrons. The van der Waals surface area contributed by atoms with E-state index >= 15 is 0 Å². The van der Waals surface area contributed by atoms with Crippen LogP contribution in [0.25, 0.3) is 10.8 Å². The summed E-state index contributed by atoms with van der Waals surface area (Å²) in [6.45, 7) is -0.692. The summed E-state index contributed by atoms with van der Waals surface area (Å²) in [4.78, 5) is 0. The molecule has 0 spiro atoms. The quantitative estimate of drug-likeness (QED) is 0.102. The SMILES string of the molecule is COc1ccc(Cc2ccc3c(O)c(N=Nc4cc(CO)c(N=Nc5cc(CO)c(N=Nc6ccccc6)cc5OC)cc4OC)ccc3c2)cc1. The molecule has 6 aromatic rings. The highest BCUT2D eigenvalue weighted by Gasteiger charge is 2.14. The number of hydrogen-bond acceptors (Lipinski definition) is 12. The molecular formula is C40H36N6O6. The lowest BCUT2D eigenvalue weighted by Gasteiger charge is -2.10. The van der Waals surface area contributed by atoms with Gasteiger partial charge in [0.25, 0.3) is 0 Å². The highest BCUT2D eigenvalue weighted by molar-refractivity contribution is 5.92. The van der Waals surface area contributed by atoms with Gasteiger partial charge >= 0.3 is 0 Å². The Morgan fingerprint density at radius 3 is 1.63 bits per heavy atom. The van der Waals surface area contributed by atoms with Gasteiger partial charge in [-0.1, -0.05) is 54.6 Å². The number of phenols is 1. The predicted octanol–water partition coefficient (Wildman–Crippen LogP) is 10.4. The van der Waals surface area contributed by atoms with Crippen molar-refractivity contribution >= 4 is 44.9 Å². The van der Waals surface area contributed by atoms with Crippen molar-refractivity contribution in [3.63, 3.8) is 0 Å². The van der Waals surface area contributed by atoms with Crippen LogP contribution in [0.4, 0.5) is 34.1 Å². The van der Waals surface area contributed by atoms with Crippen LogP contribution in [-0.4, -0.2) is 36.6 Å². The van der Waals surface area contributed by atoms with Gasteiger partial charge in [0.2, 0.25) is 0 Å². The smallest absolute Gasteiger partial charge is 0.150 e. The number of fused-ring (bicyclic) bond motifs is 1. The summed E-state index contributed by atoms with van der Waals surface area (Å²) in [5, 5.41) is 58.8. The molecule has 0 aliphatic carbocycles. The van der Waals surface area contributed by atoms with Gasteiger partial charge in [-0.05, 0) is 65.4 Å². The fourth-order valence-corrected chi connectivity index (χ4v) is 5.47. The first kappa shape index (κ1) is 35.3. The fraction of sp³-hybridized carbons (Fsp3) is 0.150. The lowest BCUT2D eigenvalue weighted by atomic mass is 10.0. The predicted molar refractivity (Wildman–Crippen MR) is 198 cm³/mol. The number of aromatic hydroxyl groups is 1. The Balaban J connectivity index is 1.24. The molecule has 12 nitrogen and oxygen atoms in total. The summed E-state index contributed by atoms with van der Waals surface area (Å²) in [6.07, 6.45) is 0.732. The van der Waals surface area contributed by atoms with Crippen LogP contribution in [0.15, 0.2) is 140 Å². The van der Waals surface area contributed by atoms with E-state index in [9.17, 15) is 15.3 Å². The van der Waals surface area contributed by atoms with E-state index in [0.717, 1.165) is 28.7 Å². The van der Waals surface area contributed by atoms with Crippen molar-refractivity contribution in [1.82, 2.24) is 0 Å². The Labute approximate surface area is 300 Å². The van der Waals surface area contributed by atoms with E-state index in [1.54, 1.807) is 37.4 Å². The van der Waals surface area contributed by atoms with E-state index in [-0.39, 0.29) is 24.7 Å². The number of phenolic OH excluding ortho intramolecular Hbond substituents is 1. The van der Waals surface area contributed by atoms with Gasteiger partial charge in [-0.2, -0.15) is 10.2 Å². The van der Waals surface area contributed by atoms with Gasteiger partial charge < -0.3 is 29.5 Å². The molecule has 0 aliphatic rings. The number of rotatable bonds is 13. The minimum atomic E-state index is -0.376. The first-order valence-electron chi connectivity index (χ1n) is 16.2. The van der Waals surface area contributed by atoms with Crippen LogP contribution < -0.4 is 14.2 Å². The number of aliphatic hydroxyl groups excluding tert-OH is 2. The average molecular weight is 697 g/mol. The van der Waals surface area contributed by atoms with Crippen LogP contribution >= 0.6 is 0 Å². The normalized spacial score (nSPS) is 11.6. The number of methoxy groups -OCH3 is 3. The number of azo groups is 3. The van der Waals surface area contributed by atoms with Crippen LogP contribution in [-0.2, 0) is 19.6 Å². The van der Waals surface area contributed by atoms with Crippen LogP contribution in [0.3, 0.4) is 0 Å². The van der Waals surface area contributed by atoms with Crippen LogP contribution in [0.2, 0.25) is 0 Å². The van der Waals surface area contributed by atoms with Gasteiger partial charge in [0, 0.05) is 28.6 Å². The van der Waals surface area contributed by atoms with E-state index in [4.69, 9.17) is 14.2 Å². The summed E-state index contributed by atoms with van der Waals surface area (Å²) in [7, 11) is 4.61. The Kier molecular flexibility index (Phi) is 11.2. The van der Waals surface area contributed by atoms with E-state index in [1.165, 1.54) is 14.2 Å². The van der Waals surface area contributed by atoms with Gasteiger partial charge in [0.05, 0.1) is 51.6 Å². The summed E-state index contributed by atoms with van der Waals surface area (Å²) < 4.78 is 16.4. The van der Waals surface area contributed by atoms with Crippen LogP contribution in [0.5, 0.6) is 23.0 Å². The second-order valence-corrected chi connectivity index (χ2v) is 11.6. The van der Waals surface area contributed by atoms with Gasteiger partial charge in [-0.25, -0.2) is 0 Å². The van der Waals surface area contributed by atoms with Crippen molar-refractivity contribution < 1.29 is 29.5 Å². The molecule has 0 aliphatic heterocycles. The van der Waals surface area contributed by atoms with Crippen molar-refractivity contribution in [3.05, 3.63) is 131 Å². The lowest BCUT2D eigenvalue weighted by Crippen LogP contribution is -1.90. The maximum Gasteiger partial charge on any atom is 0.150 e. The Hall–Kier alpha value is -6.50. The Bertz CT molecular complexity index is 2270. The molecule has 3 N–H and O–H groups in total. The highest BCUT2D eigenvalue weighted by Crippen LogP contribution is 2.41. The third kappa shape index (κ3) is 8.10. The largest absolute Gasteiger partial charge is 0.505 e. The molecule has 6 aromatic carbocycles. The average Bonchev–Trinajstić information content (AvgIpc) is 3.19. The number of nitrogens with zero attached hydrogens (tertiary/aromatic N) is 6. The Morgan fingerprint density at radius 2 is 1.06 bits per heavy atom. The molecule has 0 saturated carbocycles. The van der Waals surface area contributed by atoms with Crippen molar-refractivity contribution in [2.75, 3.05) is 21.3 Å². The zero-order chi connectivity index (χ0) is 36.5. The molecule has 0 aromatic heterocycles. The van der Waals surface area contributed by atoms with E-state index < -0.39 is 0 Å². The first-order chi connectivity index (χ1) is 25.4. The molecule has 0 saturated heterocycles. The zero-order valence-electron chi connectivity index (χ0n) is 28.8. The number of aliphatic hydroxyl groups is 2. The monoisotopic (exact) mass is 696 g/mol. The van der Waals surface area contributed by atoms with Crippen molar-refractivity contribution in [1.29, 1.82) is 0 Å². The topological polar surface area (TPSA) is 163 Å². The van der Waals surface area contributed by atoms with Gasteiger partial charge in [0.15, 0.2) is 5.75 Å². The molecule has 52 heavy (non-hydrogen) atoms. The highest BCUT2D eigenvalue weighted by atomic mass is 16.5. The number of benzene rings is 6. The van der Waals surface area contributed by atoms with Gasteiger partial charge in [0.1, 0.15) is 34.3 Å². The second kappa shape index (κ2) is 16.5. The standard InChI is InChI=1S/C40H36N6O6/c1-50-31-13-9-25(10-14-31)17-26-11-15-32-27(18-26)12-16-33(40(32)49)42-45-36-20-29(24-48)35(22-39(36)52-3)44-46-37-19-28(23-47)34(21-38(37)51-2)43-41-30-7-5-4-6-8-30/h4-16,18-22,47-49H,17,23-24H2,1-3H3. The fourth-order valence-electron chi connectivity index (χ4n) is 5.47. The number of ether oxygens (including phenoxy) is 3. The van der Waals surface area contributed by atoms with E-state index in [1.807, 2.05) is 78.9 Å². The molecule has 6 rings (SSSR count). The molecule has 262 valence electrons. The summed E-state index contributed by atoms with van der Waals surface area (Å²) in [5.41, 5.74) is 5.42. The Morgan fingerprint density at radius 1 is 0.500 bits per heavy atom. The van der Waals surface area contributed by atoms with Crippen molar-refractivity contribution in [3.8, 4) is 23.0 Å². The lowest BCUT2D eigenvalue weighted by molar-refractivity contribution is 0.282. The van der Waals surface area contributed by atoms with Crippen LogP contribution in [0.1, 0.15) is 22.3 Å². The minimum Gasteiger partial charge on any atom is -0.505 e. The van der Waals surface area contributed by atoms with Gasteiger partial charge in [-0.3, -0.25) is 0 Å². The molecule has 0 heterocycles. The molecule has 0 bridgehead atoms. The van der Waals surface area contributed by atoms with Crippen molar-refractivity contribution in [2.24, 2.45) is 30.7 Å². The second-order valence-electron chi connectivity index (χ2n) is 11.6. The third-order valence-corrected chi connectivity index (χ3v) is 8.26. The molecule has 0 amide bonds. The van der Waals surface area contributed by atoms with E-state index in [2.05, 4.69) is 30.7 Å². The summed E-state index contributed by atoms with van der Waals surface area (Å²) in [5.74, 6) is 1.47. The minimum absolute atomic E-state index is 0.00670. The molecular weight excluding hydrogens is 660 g/mol. The summed E-state index contributed by atoms with van der Waals surface area (Å²) in [6, 6.07) is 33.0. The maximum absolute atomic E-state index is 11.1. The zero-order valence-corrected chi connectivity index (χ0v) is 28.8. The first-order valence-corrected chi connectivity index (χ1v) is 16.2. The molecule has 12 heteroatoms. The number of hydrogen-bond donors (Lipinski definition) is 3. The summed E-state index contributed by atoms with van der Waals surface area (Å²) >= 11 is 0.